The zero-order valence-electron chi connectivity index (χ0n) is 37.2. The van der Waals surface area contributed by atoms with Gasteiger partial charge in [-0.1, -0.05) is 68.1 Å². The number of carbonyl (C=O) groups is 3. The van der Waals surface area contributed by atoms with Crippen molar-refractivity contribution in [2.45, 2.75) is 113 Å². The summed E-state index contributed by atoms with van der Waals surface area (Å²) in [5.74, 6) is 1.08. The van der Waals surface area contributed by atoms with E-state index in [9.17, 15) is 14.4 Å². The van der Waals surface area contributed by atoms with Crippen molar-refractivity contribution in [1.82, 2.24) is 0 Å². The molecule has 0 spiro atoms. The molecular formula is C51H68BO11. The van der Waals surface area contributed by atoms with Gasteiger partial charge in [0.1, 0.15) is 37.6 Å². The lowest BCUT2D eigenvalue weighted by Gasteiger charge is -2.24. The molecular weight excluding hydrogens is 799 g/mol. The van der Waals surface area contributed by atoms with E-state index in [1.54, 1.807) is 19.9 Å². The van der Waals surface area contributed by atoms with Gasteiger partial charge in [0.2, 0.25) is 5.76 Å². The molecule has 12 heteroatoms. The molecule has 2 saturated heterocycles. The number of aldehydes is 1. The molecule has 0 aromatic heterocycles. The van der Waals surface area contributed by atoms with Gasteiger partial charge in [-0.25, -0.2) is 9.59 Å². The van der Waals surface area contributed by atoms with Gasteiger partial charge in [-0.05, 0) is 143 Å². The van der Waals surface area contributed by atoms with E-state index in [0.29, 0.717) is 32.0 Å². The Morgan fingerprint density at radius 2 is 1.13 bits per heavy atom. The Bertz CT molecular complexity index is 1930. The molecule has 0 amide bonds. The molecule has 4 aromatic carbocycles. The van der Waals surface area contributed by atoms with Crippen molar-refractivity contribution in [3.05, 3.63) is 135 Å². The largest absolute Gasteiger partial charge is 0.488 e. The fraction of sp³-hybridized carbons (Fsp3) is 0.431. The van der Waals surface area contributed by atoms with Gasteiger partial charge in [0, 0.05) is 28.4 Å². The molecule has 2 heterocycles. The minimum Gasteiger partial charge on any atom is -0.488 e. The van der Waals surface area contributed by atoms with E-state index in [4.69, 9.17) is 37.9 Å². The highest BCUT2D eigenvalue weighted by molar-refractivity contribution is 5.91. The van der Waals surface area contributed by atoms with Gasteiger partial charge in [0.25, 0.3) is 0 Å². The van der Waals surface area contributed by atoms with E-state index in [1.165, 1.54) is 0 Å². The van der Waals surface area contributed by atoms with Crippen molar-refractivity contribution in [2.75, 3.05) is 33.0 Å². The maximum atomic E-state index is 12.4. The Balaban J connectivity index is 0.000000515. The summed E-state index contributed by atoms with van der Waals surface area (Å²) in [7, 11) is 0. The van der Waals surface area contributed by atoms with E-state index in [-0.39, 0.29) is 48.5 Å². The summed E-state index contributed by atoms with van der Waals surface area (Å²) < 4.78 is 43.7. The Morgan fingerprint density at radius 3 is 1.56 bits per heavy atom. The summed E-state index contributed by atoms with van der Waals surface area (Å²) in [4.78, 5) is 34.1. The number of aryl methyl sites for hydroxylation is 4. The van der Waals surface area contributed by atoms with Crippen LogP contribution < -0.4 is 9.47 Å². The van der Waals surface area contributed by atoms with Crippen LogP contribution in [0.2, 0.25) is 0 Å². The van der Waals surface area contributed by atoms with Crippen LogP contribution in [0.1, 0.15) is 111 Å². The van der Waals surface area contributed by atoms with E-state index in [0.717, 1.165) is 102 Å². The van der Waals surface area contributed by atoms with Crippen LogP contribution >= 0.6 is 0 Å². The minimum absolute atomic E-state index is 0. The Labute approximate surface area is 378 Å². The van der Waals surface area contributed by atoms with E-state index >= 15 is 0 Å². The molecule has 0 aliphatic carbocycles. The number of esters is 2. The van der Waals surface area contributed by atoms with Crippen molar-refractivity contribution in [3.8, 4) is 11.5 Å². The van der Waals surface area contributed by atoms with E-state index in [1.807, 2.05) is 113 Å². The van der Waals surface area contributed by atoms with Crippen molar-refractivity contribution >= 4 is 32.7 Å². The molecule has 2 aliphatic rings. The quantitative estimate of drug-likeness (QED) is 0.0351. The predicted molar refractivity (Wildman–Crippen MR) is 249 cm³/mol. The molecule has 2 atom stereocenters. The van der Waals surface area contributed by atoms with Crippen LogP contribution in [0.4, 0.5) is 0 Å². The molecule has 0 bridgehead atoms. The Morgan fingerprint density at radius 1 is 0.667 bits per heavy atom. The van der Waals surface area contributed by atoms with Gasteiger partial charge in [-0.15, -0.1) is 0 Å². The molecule has 2 fully saturated rings. The van der Waals surface area contributed by atoms with Crippen molar-refractivity contribution < 1.29 is 53.7 Å². The first-order chi connectivity index (χ1) is 29.6. The van der Waals surface area contributed by atoms with Crippen molar-refractivity contribution in [2.24, 2.45) is 0 Å². The zero-order chi connectivity index (χ0) is 43.8. The summed E-state index contributed by atoms with van der Waals surface area (Å²) in [5, 5.41) is 0. The average molecular weight is 869 g/mol. The molecule has 63 heavy (non-hydrogen) atoms. The first kappa shape index (κ1) is 53.7. The lowest BCUT2D eigenvalue weighted by Crippen LogP contribution is -2.25. The summed E-state index contributed by atoms with van der Waals surface area (Å²) in [6.07, 6.45) is 7.82. The number of hydrogen-bond donors (Lipinski definition) is 0. The highest BCUT2D eigenvalue weighted by atomic mass is 16.7. The fourth-order valence-electron chi connectivity index (χ4n) is 6.68. The number of hydrogen-bond acceptors (Lipinski definition) is 11. The van der Waals surface area contributed by atoms with Gasteiger partial charge in [-0.2, -0.15) is 0 Å². The number of ether oxygens (including phenoxy) is 8. The molecule has 4 aromatic rings. The number of carbonyl (C=O) groups excluding carboxylic acids is 3. The maximum absolute atomic E-state index is 12.4. The highest BCUT2D eigenvalue weighted by Gasteiger charge is 2.22. The van der Waals surface area contributed by atoms with Crippen molar-refractivity contribution in [1.29, 1.82) is 0 Å². The Kier molecular flexibility index (Phi) is 25.4. The van der Waals surface area contributed by atoms with Gasteiger partial charge < -0.3 is 37.9 Å². The zero-order valence-corrected chi connectivity index (χ0v) is 37.2. The first-order valence-corrected chi connectivity index (χ1v) is 21.2. The van der Waals surface area contributed by atoms with Crippen LogP contribution in [0.15, 0.2) is 90.7 Å². The molecule has 341 valence electrons. The fourth-order valence-corrected chi connectivity index (χ4v) is 6.68. The maximum Gasteiger partial charge on any atom is 0.373 e. The second-order valence-corrected chi connectivity index (χ2v) is 14.7. The minimum atomic E-state index is -0.480. The van der Waals surface area contributed by atoms with Crippen LogP contribution in [0.5, 0.6) is 11.5 Å². The molecule has 2 unspecified atom stereocenters. The summed E-state index contributed by atoms with van der Waals surface area (Å²) in [6.45, 7) is 14.6. The smallest absolute Gasteiger partial charge is 0.373 e. The van der Waals surface area contributed by atoms with E-state index < -0.39 is 12.3 Å². The second-order valence-electron chi connectivity index (χ2n) is 14.7. The van der Waals surface area contributed by atoms with Crippen LogP contribution in [-0.2, 0) is 51.2 Å². The topological polar surface area (TPSA) is 125 Å². The SMILES string of the molecule is C.CCOC(=O)/C(=C/c1cc(C)c(OCc2ccccc2)c(C)c1)OC1CCCCO1.CCOC(=O)COC1CCCCO1.Cc1cc(C=O)cc(C)c1OCc1ccccc1.[2HH].[B]. The first-order valence-electron chi connectivity index (χ1n) is 21.2. The monoisotopic (exact) mass is 868 g/mol. The molecule has 3 radical (unpaired) electrons. The van der Waals surface area contributed by atoms with Crippen LogP contribution in [-0.4, -0.2) is 72.3 Å². The van der Waals surface area contributed by atoms with Gasteiger partial charge in [0.15, 0.2) is 12.6 Å². The molecule has 11 nitrogen and oxygen atoms in total. The van der Waals surface area contributed by atoms with E-state index in [2.05, 4.69) is 0 Å². The number of benzene rings is 4. The predicted octanol–water partition coefficient (Wildman–Crippen LogP) is 10.6. The van der Waals surface area contributed by atoms with Crippen LogP contribution in [0, 0.1) is 27.7 Å². The molecule has 2 aliphatic heterocycles. The normalized spacial score (nSPS) is 15.6. The molecule has 6 rings (SSSR count). The lowest BCUT2D eigenvalue weighted by atomic mass is 10.0. The molecule has 0 saturated carbocycles. The second kappa shape index (κ2) is 29.8. The van der Waals surface area contributed by atoms with Gasteiger partial charge in [-0.3, -0.25) is 4.79 Å². The Hall–Kier alpha value is -5.43. The third-order valence-electron chi connectivity index (χ3n) is 9.55. The summed E-state index contributed by atoms with van der Waals surface area (Å²) in [6, 6.07) is 27.8. The summed E-state index contributed by atoms with van der Waals surface area (Å²) in [5.41, 5.74) is 7.78. The third kappa shape index (κ3) is 19.2. The van der Waals surface area contributed by atoms with Gasteiger partial charge >= 0.3 is 11.9 Å². The average Bonchev–Trinajstić information content (AvgIpc) is 3.27. The summed E-state index contributed by atoms with van der Waals surface area (Å²) >= 11 is 0. The lowest BCUT2D eigenvalue weighted by molar-refractivity contribution is -0.181. The van der Waals surface area contributed by atoms with Crippen LogP contribution in [0.25, 0.3) is 6.08 Å². The standard InChI is InChI=1S/C25H30O5.C16H16O2.C9H16O4.CH4.B.H2/c1-4-27-25(26)22(30-23-12-8-9-13-28-23)16-21-14-18(2)24(19(3)15-21)29-17-20-10-6-5-7-11-20;1-12-8-15(10-17)9-13(2)16(12)18-11-14-6-4-3-5-7-14;1-2-11-8(10)7-13-9-5-3-4-6-12-9;;;/h5-7,10-11,14-16,23H,4,8-9,12-13,17H2,1-3H3;3-10H,11H2,1-2H3;9H,2-7H2,1H3;1H4;;1H/b22-16-;;;;;/i;;;;;1+1. The highest BCUT2D eigenvalue weighted by Crippen LogP contribution is 2.28. The third-order valence-corrected chi connectivity index (χ3v) is 9.55. The van der Waals surface area contributed by atoms with Crippen molar-refractivity contribution in [3.63, 3.8) is 0 Å². The van der Waals surface area contributed by atoms with Gasteiger partial charge in [0.05, 0.1) is 19.8 Å². The van der Waals surface area contributed by atoms with Crippen LogP contribution in [0.3, 0.4) is 0 Å². The molecule has 0 N–H and O–H groups in total. The number of rotatable bonds is 16.